The zero-order chi connectivity index (χ0) is 17.5. The van der Waals surface area contributed by atoms with Crippen LogP contribution in [-0.2, 0) is 0 Å². The molecule has 24 heavy (non-hydrogen) atoms. The second kappa shape index (κ2) is 9.08. The SMILES string of the molecule is CCOc1cc(C=NNc2ccccc2)c(Br)c(Br)c1OC(C)C. The molecule has 2 aromatic carbocycles. The Kier molecular flexibility index (Phi) is 7.12. The second-order valence-corrected chi connectivity index (χ2v) is 6.84. The zero-order valence-corrected chi connectivity index (χ0v) is 17.0. The Morgan fingerprint density at radius 3 is 2.50 bits per heavy atom. The summed E-state index contributed by atoms with van der Waals surface area (Å²) in [7, 11) is 0. The fraction of sp³-hybridized carbons (Fsp3) is 0.278. The molecule has 0 aromatic heterocycles. The molecule has 0 bridgehead atoms. The summed E-state index contributed by atoms with van der Waals surface area (Å²) in [5.74, 6) is 1.37. The first-order valence-electron chi connectivity index (χ1n) is 7.68. The molecular weight excluding hydrogens is 436 g/mol. The molecule has 4 nitrogen and oxygen atoms in total. The summed E-state index contributed by atoms with van der Waals surface area (Å²) in [5, 5.41) is 4.28. The molecule has 6 heteroatoms. The highest BCUT2D eigenvalue weighted by atomic mass is 79.9. The van der Waals surface area contributed by atoms with Crippen LogP contribution < -0.4 is 14.9 Å². The van der Waals surface area contributed by atoms with Crippen LogP contribution in [0.2, 0.25) is 0 Å². The van der Waals surface area contributed by atoms with Crippen molar-refractivity contribution in [1.82, 2.24) is 0 Å². The van der Waals surface area contributed by atoms with Crippen molar-refractivity contribution in [2.24, 2.45) is 5.10 Å². The monoisotopic (exact) mass is 454 g/mol. The molecule has 128 valence electrons. The molecule has 0 atom stereocenters. The molecule has 0 unspecified atom stereocenters. The van der Waals surface area contributed by atoms with Crippen molar-refractivity contribution >= 4 is 43.8 Å². The van der Waals surface area contributed by atoms with Crippen LogP contribution in [0.25, 0.3) is 0 Å². The minimum atomic E-state index is 0.0478. The lowest BCUT2D eigenvalue weighted by atomic mass is 10.2. The quantitative estimate of drug-likeness (QED) is 0.421. The van der Waals surface area contributed by atoms with E-state index in [-0.39, 0.29) is 6.10 Å². The van der Waals surface area contributed by atoms with E-state index in [1.54, 1.807) is 6.21 Å². The first-order valence-corrected chi connectivity index (χ1v) is 9.27. The number of ether oxygens (including phenoxy) is 2. The lowest BCUT2D eigenvalue weighted by Gasteiger charge is -2.18. The van der Waals surface area contributed by atoms with E-state index in [1.807, 2.05) is 57.2 Å². The van der Waals surface area contributed by atoms with Gasteiger partial charge in [0.1, 0.15) is 0 Å². The highest BCUT2D eigenvalue weighted by Crippen LogP contribution is 2.42. The Balaban J connectivity index is 2.29. The van der Waals surface area contributed by atoms with Gasteiger partial charge >= 0.3 is 0 Å². The minimum absolute atomic E-state index is 0.0478. The Labute approximate surface area is 159 Å². The van der Waals surface area contributed by atoms with Crippen LogP contribution in [0.1, 0.15) is 26.3 Å². The third kappa shape index (κ3) is 4.98. The van der Waals surface area contributed by atoms with E-state index < -0.39 is 0 Å². The van der Waals surface area contributed by atoms with Crippen LogP contribution in [0, 0.1) is 0 Å². The van der Waals surface area contributed by atoms with Gasteiger partial charge in [-0.15, -0.1) is 0 Å². The second-order valence-electron chi connectivity index (χ2n) is 5.26. The van der Waals surface area contributed by atoms with Gasteiger partial charge in [0, 0.05) is 10.0 Å². The lowest BCUT2D eigenvalue weighted by molar-refractivity contribution is 0.222. The van der Waals surface area contributed by atoms with Crippen molar-refractivity contribution in [2.75, 3.05) is 12.0 Å². The van der Waals surface area contributed by atoms with E-state index in [2.05, 4.69) is 42.4 Å². The maximum atomic E-state index is 5.88. The molecule has 0 aliphatic heterocycles. The number of rotatable bonds is 7. The molecule has 2 rings (SSSR count). The van der Waals surface area contributed by atoms with Crippen LogP contribution in [0.5, 0.6) is 11.5 Å². The third-order valence-corrected chi connectivity index (χ3v) is 5.12. The molecule has 0 amide bonds. The van der Waals surface area contributed by atoms with E-state index in [0.29, 0.717) is 18.1 Å². The highest BCUT2D eigenvalue weighted by Gasteiger charge is 2.17. The Morgan fingerprint density at radius 2 is 1.88 bits per heavy atom. The summed E-state index contributed by atoms with van der Waals surface area (Å²) >= 11 is 7.17. The summed E-state index contributed by atoms with van der Waals surface area (Å²) in [6.45, 7) is 6.46. The molecule has 1 N–H and O–H groups in total. The molecule has 0 heterocycles. The molecule has 0 radical (unpaired) electrons. The number of nitrogens with one attached hydrogen (secondary N) is 1. The summed E-state index contributed by atoms with van der Waals surface area (Å²) < 4.78 is 13.3. The van der Waals surface area contributed by atoms with Crippen LogP contribution in [0.3, 0.4) is 0 Å². The Bertz CT molecular complexity index is 704. The third-order valence-electron chi connectivity index (χ3n) is 2.98. The topological polar surface area (TPSA) is 42.8 Å². The standard InChI is InChI=1S/C18H20Br2N2O2/c1-4-23-15-10-13(11-21-22-14-8-6-5-7-9-14)16(19)17(20)18(15)24-12(2)3/h5-12,22H,4H2,1-3H3. The van der Waals surface area contributed by atoms with Gasteiger partial charge in [-0.3, -0.25) is 5.43 Å². The van der Waals surface area contributed by atoms with E-state index in [4.69, 9.17) is 9.47 Å². The van der Waals surface area contributed by atoms with Gasteiger partial charge in [-0.2, -0.15) is 5.10 Å². The number of nitrogens with zero attached hydrogens (tertiary/aromatic N) is 1. The fourth-order valence-electron chi connectivity index (χ4n) is 2.00. The van der Waals surface area contributed by atoms with E-state index in [1.165, 1.54) is 0 Å². The fourth-order valence-corrected chi connectivity index (χ4v) is 2.91. The van der Waals surface area contributed by atoms with Gasteiger partial charge < -0.3 is 9.47 Å². The normalized spacial score (nSPS) is 11.1. The van der Waals surface area contributed by atoms with E-state index >= 15 is 0 Å². The highest BCUT2D eigenvalue weighted by molar-refractivity contribution is 9.13. The van der Waals surface area contributed by atoms with Crippen molar-refractivity contribution in [1.29, 1.82) is 0 Å². The molecular formula is C18H20Br2N2O2. The molecule has 0 aliphatic rings. The van der Waals surface area contributed by atoms with Crippen molar-refractivity contribution in [3.63, 3.8) is 0 Å². The molecule has 2 aromatic rings. The van der Waals surface area contributed by atoms with Crippen LogP contribution in [0.15, 0.2) is 50.4 Å². The molecule has 0 saturated carbocycles. The van der Waals surface area contributed by atoms with Gasteiger partial charge in [-0.1, -0.05) is 18.2 Å². The maximum Gasteiger partial charge on any atom is 0.176 e. The maximum absolute atomic E-state index is 5.88. The summed E-state index contributed by atoms with van der Waals surface area (Å²) in [4.78, 5) is 0. The molecule has 0 spiro atoms. The van der Waals surface area contributed by atoms with Gasteiger partial charge in [-0.25, -0.2) is 0 Å². The van der Waals surface area contributed by atoms with Crippen LogP contribution >= 0.6 is 31.9 Å². The van der Waals surface area contributed by atoms with Crippen LogP contribution in [0.4, 0.5) is 5.69 Å². The predicted molar refractivity (Wildman–Crippen MR) is 106 cm³/mol. The number of hydrazone groups is 1. The number of para-hydroxylation sites is 1. The number of benzene rings is 2. The van der Waals surface area contributed by atoms with E-state index in [0.717, 1.165) is 20.2 Å². The van der Waals surface area contributed by atoms with Gasteiger partial charge in [0.05, 0.1) is 29.1 Å². The van der Waals surface area contributed by atoms with Crippen molar-refractivity contribution in [3.8, 4) is 11.5 Å². The first kappa shape index (κ1) is 18.8. The smallest absolute Gasteiger partial charge is 0.176 e. The largest absolute Gasteiger partial charge is 0.490 e. The molecule has 0 aliphatic carbocycles. The summed E-state index contributed by atoms with van der Waals surface area (Å²) in [5.41, 5.74) is 4.80. The van der Waals surface area contributed by atoms with Gasteiger partial charge in [0.15, 0.2) is 11.5 Å². The summed E-state index contributed by atoms with van der Waals surface area (Å²) in [6, 6.07) is 11.7. The van der Waals surface area contributed by atoms with Gasteiger partial charge in [0.2, 0.25) is 0 Å². The van der Waals surface area contributed by atoms with Crippen molar-refractivity contribution in [2.45, 2.75) is 26.9 Å². The average Bonchev–Trinajstić information content (AvgIpc) is 2.56. The Hall–Kier alpha value is -1.53. The zero-order valence-electron chi connectivity index (χ0n) is 13.8. The number of halogens is 2. The van der Waals surface area contributed by atoms with Crippen molar-refractivity contribution in [3.05, 3.63) is 50.9 Å². The molecule has 0 fully saturated rings. The summed E-state index contributed by atoms with van der Waals surface area (Å²) in [6.07, 6.45) is 1.79. The number of hydrogen-bond donors (Lipinski definition) is 1. The first-order chi connectivity index (χ1) is 11.5. The van der Waals surface area contributed by atoms with Crippen LogP contribution in [-0.4, -0.2) is 18.9 Å². The average molecular weight is 456 g/mol. The lowest BCUT2D eigenvalue weighted by Crippen LogP contribution is -2.09. The Morgan fingerprint density at radius 1 is 1.17 bits per heavy atom. The molecule has 0 saturated heterocycles. The van der Waals surface area contributed by atoms with E-state index in [9.17, 15) is 0 Å². The number of hydrogen-bond acceptors (Lipinski definition) is 4. The predicted octanol–water partition coefficient (Wildman–Crippen LogP) is 5.84. The van der Waals surface area contributed by atoms with Gasteiger partial charge in [0.25, 0.3) is 0 Å². The van der Waals surface area contributed by atoms with Gasteiger partial charge in [-0.05, 0) is 70.8 Å². The minimum Gasteiger partial charge on any atom is -0.490 e. The number of anilines is 1. The van der Waals surface area contributed by atoms with Crippen molar-refractivity contribution < 1.29 is 9.47 Å².